The minimum atomic E-state index is -0.631. The average molecular weight is 427 g/mol. The molecule has 0 saturated carbocycles. The van der Waals surface area contributed by atoms with E-state index in [4.69, 9.17) is 4.74 Å². The molecule has 8 nitrogen and oxygen atoms in total. The Kier molecular flexibility index (Phi) is 4.47. The second-order valence-corrected chi connectivity index (χ2v) is 8.21. The molecule has 0 bridgehead atoms. The van der Waals surface area contributed by atoms with Crippen molar-refractivity contribution in [2.45, 2.75) is 32.0 Å². The minimum absolute atomic E-state index is 0.219. The molecular weight excluding hydrogens is 408 g/mol. The highest BCUT2D eigenvalue weighted by Crippen LogP contribution is 2.33. The van der Waals surface area contributed by atoms with Crippen molar-refractivity contribution in [2.75, 3.05) is 13.1 Å². The van der Waals surface area contributed by atoms with Gasteiger partial charge in [0.05, 0.1) is 12.2 Å². The molecule has 0 unspecified atom stereocenters. The predicted molar refractivity (Wildman–Crippen MR) is 106 cm³/mol. The van der Waals surface area contributed by atoms with Crippen LogP contribution in [0.3, 0.4) is 0 Å². The molecule has 1 atom stereocenters. The fourth-order valence-corrected chi connectivity index (χ4v) is 4.29. The number of ether oxygens (including phenoxy) is 1. The molecule has 160 valence electrons. The number of pyridine rings is 1. The lowest BCUT2D eigenvalue weighted by molar-refractivity contribution is -0.389. The number of rotatable bonds is 4. The Labute approximate surface area is 176 Å². The molecule has 0 fully saturated rings. The van der Waals surface area contributed by atoms with Crippen molar-refractivity contribution in [3.8, 4) is 17.3 Å². The molecule has 5 rings (SSSR count). The lowest BCUT2D eigenvalue weighted by Crippen LogP contribution is -2.46. The van der Waals surface area contributed by atoms with Crippen molar-refractivity contribution in [3.63, 3.8) is 0 Å². The Morgan fingerprint density at radius 2 is 2.10 bits per heavy atom. The van der Waals surface area contributed by atoms with E-state index >= 15 is 0 Å². The van der Waals surface area contributed by atoms with E-state index in [-0.39, 0.29) is 17.4 Å². The van der Waals surface area contributed by atoms with Gasteiger partial charge in [0.15, 0.2) is 0 Å². The highest BCUT2D eigenvalue weighted by molar-refractivity contribution is 5.60. The van der Waals surface area contributed by atoms with Crippen molar-refractivity contribution >= 4 is 5.82 Å². The smallest absolute Gasteiger partial charge is 0.415 e. The number of nitrogens with zero attached hydrogens (tertiary/aromatic N) is 5. The molecule has 0 N–H and O–H groups in total. The zero-order valence-electron chi connectivity index (χ0n) is 16.7. The molecule has 1 aromatic carbocycles. The summed E-state index contributed by atoms with van der Waals surface area (Å²) in [5.41, 5.74) is 2.18. The third-order valence-corrected chi connectivity index (χ3v) is 5.65. The second kappa shape index (κ2) is 7.09. The molecule has 0 radical (unpaired) electrons. The fraction of sp³-hybridized carbons (Fsp3) is 0.333. The maximum Gasteiger partial charge on any atom is 0.415 e. The third-order valence-electron chi connectivity index (χ3n) is 5.65. The van der Waals surface area contributed by atoms with Gasteiger partial charge in [-0.15, -0.1) is 0 Å². The first-order valence-electron chi connectivity index (χ1n) is 9.87. The molecule has 2 aliphatic rings. The van der Waals surface area contributed by atoms with E-state index in [1.807, 2.05) is 13.0 Å². The van der Waals surface area contributed by atoms with Crippen LogP contribution < -0.4 is 4.74 Å². The van der Waals surface area contributed by atoms with Crippen LogP contribution in [0.1, 0.15) is 18.2 Å². The second-order valence-electron chi connectivity index (χ2n) is 8.21. The van der Waals surface area contributed by atoms with E-state index in [9.17, 15) is 18.9 Å². The van der Waals surface area contributed by atoms with E-state index in [1.54, 1.807) is 10.6 Å². The fourth-order valence-electron chi connectivity index (χ4n) is 4.29. The summed E-state index contributed by atoms with van der Waals surface area (Å²) in [6.07, 6.45) is 2.09. The first kappa shape index (κ1) is 19.6. The lowest BCUT2D eigenvalue weighted by Gasteiger charge is -2.34. The van der Waals surface area contributed by atoms with Crippen LogP contribution in [0.2, 0.25) is 0 Å². The van der Waals surface area contributed by atoms with Gasteiger partial charge in [-0.3, -0.25) is 14.5 Å². The van der Waals surface area contributed by atoms with Gasteiger partial charge in [-0.05, 0) is 35.6 Å². The van der Waals surface area contributed by atoms with Gasteiger partial charge in [-0.25, -0.2) is 8.78 Å². The third kappa shape index (κ3) is 3.63. The van der Waals surface area contributed by atoms with Gasteiger partial charge in [0.25, 0.3) is 0 Å². The van der Waals surface area contributed by atoms with Crippen LogP contribution >= 0.6 is 0 Å². The van der Waals surface area contributed by atoms with Gasteiger partial charge in [0.2, 0.25) is 0 Å². The van der Waals surface area contributed by atoms with Gasteiger partial charge >= 0.3 is 11.8 Å². The molecule has 10 heteroatoms. The summed E-state index contributed by atoms with van der Waals surface area (Å²) in [6.45, 7) is 4.47. The zero-order chi connectivity index (χ0) is 21.8. The maximum atomic E-state index is 14.1. The molecule has 2 aromatic heterocycles. The van der Waals surface area contributed by atoms with E-state index in [0.717, 1.165) is 23.9 Å². The summed E-state index contributed by atoms with van der Waals surface area (Å²) in [5.74, 6) is -1.47. The maximum absolute atomic E-state index is 14.1. The molecule has 0 aliphatic carbocycles. The number of fused-ring (bicyclic) bond motifs is 2. The first-order chi connectivity index (χ1) is 14.8. The number of hydrogen-bond acceptors (Lipinski definition) is 6. The highest BCUT2D eigenvalue weighted by Gasteiger charge is 2.41. The van der Waals surface area contributed by atoms with Gasteiger partial charge < -0.3 is 14.9 Å². The van der Waals surface area contributed by atoms with E-state index in [1.165, 1.54) is 18.3 Å². The van der Waals surface area contributed by atoms with Crippen molar-refractivity contribution in [1.29, 1.82) is 0 Å². The lowest BCUT2D eigenvalue weighted by atomic mass is 10.00. The number of benzene rings is 1. The largest absolute Gasteiger partial charge is 0.436 e. The number of hydrogen-bond donors (Lipinski definition) is 0. The SMILES string of the molecule is C[C@]1(CN2CCc3nc(-c4ccc(F)cc4F)ccc3C2)Cn2cc([N+](=O)[O-])nc2O1. The Balaban J connectivity index is 1.29. The van der Waals surface area contributed by atoms with E-state index in [2.05, 4.69) is 14.9 Å². The Morgan fingerprint density at radius 1 is 1.26 bits per heavy atom. The molecule has 2 aliphatic heterocycles. The molecule has 0 saturated heterocycles. The van der Waals surface area contributed by atoms with Crippen molar-refractivity contribution in [1.82, 2.24) is 19.4 Å². The molecule has 0 spiro atoms. The predicted octanol–water partition coefficient (Wildman–Crippen LogP) is 3.34. The Bertz CT molecular complexity index is 1170. The molecule has 4 heterocycles. The number of aromatic nitrogens is 3. The number of nitro groups is 1. The van der Waals surface area contributed by atoms with Crippen LogP contribution in [0, 0.1) is 21.7 Å². The Morgan fingerprint density at radius 3 is 2.84 bits per heavy atom. The highest BCUT2D eigenvalue weighted by atomic mass is 19.1. The van der Waals surface area contributed by atoms with Crippen LogP contribution in [0.15, 0.2) is 36.5 Å². The minimum Gasteiger partial charge on any atom is -0.436 e. The number of halogens is 2. The monoisotopic (exact) mass is 427 g/mol. The van der Waals surface area contributed by atoms with Crippen molar-refractivity contribution in [2.24, 2.45) is 0 Å². The van der Waals surface area contributed by atoms with Crippen LogP contribution in [-0.4, -0.2) is 43.0 Å². The van der Waals surface area contributed by atoms with Gasteiger partial charge in [0.1, 0.15) is 23.4 Å². The topological polar surface area (TPSA) is 86.3 Å². The summed E-state index contributed by atoms with van der Waals surface area (Å²) in [6, 6.07) is 7.43. The van der Waals surface area contributed by atoms with Crippen molar-refractivity contribution in [3.05, 3.63) is 69.5 Å². The Hall–Kier alpha value is -3.40. The summed E-state index contributed by atoms with van der Waals surface area (Å²) in [7, 11) is 0. The van der Waals surface area contributed by atoms with Gasteiger partial charge in [-0.2, -0.15) is 0 Å². The summed E-state index contributed by atoms with van der Waals surface area (Å²) in [4.78, 5) is 21.1. The van der Waals surface area contributed by atoms with E-state index < -0.39 is 22.2 Å². The first-order valence-corrected chi connectivity index (χ1v) is 9.87. The summed E-state index contributed by atoms with van der Waals surface area (Å²) >= 11 is 0. The summed E-state index contributed by atoms with van der Waals surface area (Å²) < 4.78 is 34.9. The molecule has 3 aromatic rings. The van der Waals surface area contributed by atoms with Crippen LogP contribution in [-0.2, 0) is 19.5 Å². The standard InChI is InChI=1S/C21H19F2N5O3/c1-21(12-27-10-19(28(29)30)25-20(27)31-21)11-26-7-6-17-13(9-26)2-5-18(24-17)15-4-3-14(22)8-16(15)23/h2-5,8,10H,6-7,9,11-12H2,1H3/t21-/m0/s1. The summed E-state index contributed by atoms with van der Waals surface area (Å²) in [5, 5.41) is 10.9. The van der Waals surface area contributed by atoms with Crippen LogP contribution in [0.4, 0.5) is 14.6 Å². The molecule has 0 amide bonds. The molecule has 31 heavy (non-hydrogen) atoms. The van der Waals surface area contributed by atoms with Gasteiger partial charge in [-0.1, -0.05) is 6.07 Å². The average Bonchev–Trinajstić information content (AvgIpc) is 3.23. The van der Waals surface area contributed by atoms with Crippen LogP contribution in [0.25, 0.3) is 11.3 Å². The van der Waals surface area contributed by atoms with E-state index in [0.29, 0.717) is 31.7 Å². The number of imidazole rings is 1. The molecular formula is C21H19F2N5O3. The quantitative estimate of drug-likeness (QED) is 0.469. The van der Waals surface area contributed by atoms with Crippen LogP contribution in [0.5, 0.6) is 6.01 Å². The van der Waals surface area contributed by atoms with Gasteiger partial charge in [0, 0.05) is 48.4 Å². The zero-order valence-corrected chi connectivity index (χ0v) is 16.7. The normalized spacial score (nSPS) is 20.2. The van der Waals surface area contributed by atoms with Crippen molar-refractivity contribution < 1.29 is 18.4 Å².